The van der Waals surface area contributed by atoms with Crippen LogP contribution < -0.4 is 5.73 Å². The number of nitrogens with two attached hydrogens (primary N) is 1. The summed E-state index contributed by atoms with van der Waals surface area (Å²) < 4.78 is 0. The van der Waals surface area contributed by atoms with E-state index in [1.807, 2.05) is 18.2 Å². The molecule has 1 aliphatic carbocycles. The van der Waals surface area contributed by atoms with Crippen LogP contribution in [0.25, 0.3) is 0 Å². The molecule has 0 bridgehead atoms. The van der Waals surface area contributed by atoms with E-state index in [4.69, 9.17) is 28.9 Å². The van der Waals surface area contributed by atoms with E-state index in [9.17, 15) is 0 Å². The largest absolute Gasteiger partial charge is 0.323 e. The van der Waals surface area contributed by atoms with Crippen molar-refractivity contribution in [2.45, 2.75) is 24.8 Å². The Hall–Kier alpha value is -1.02. The Bertz CT molecular complexity index is 609. The van der Waals surface area contributed by atoms with Gasteiger partial charge in [0.15, 0.2) is 0 Å². The van der Waals surface area contributed by atoms with Gasteiger partial charge in [-0.1, -0.05) is 53.5 Å². The van der Waals surface area contributed by atoms with E-state index >= 15 is 0 Å². The van der Waals surface area contributed by atoms with Crippen molar-refractivity contribution in [1.29, 1.82) is 0 Å². The molecule has 0 heterocycles. The van der Waals surface area contributed by atoms with E-state index in [2.05, 4.69) is 24.3 Å². The molecule has 0 amide bonds. The van der Waals surface area contributed by atoms with Crippen LogP contribution in [0.2, 0.25) is 10.0 Å². The zero-order valence-corrected chi connectivity index (χ0v) is 12.0. The summed E-state index contributed by atoms with van der Waals surface area (Å²) in [5.74, 6) is 0.369. The highest BCUT2D eigenvalue weighted by Crippen LogP contribution is 2.41. The number of aryl methyl sites for hydroxylation is 1. The maximum atomic E-state index is 6.43. The van der Waals surface area contributed by atoms with Crippen molar-refractivity contribution in [3.05, 3.63) is 69.2 Å². The number of rotatable bonds is 2. The zero-order valence-electron chi connectivity index (χ0n) is 10.4. The number of fused-ring (bicyclic) bond motifs is 1. The molecule has 0 saturated heterocycles. The van der Waals surface area contributed by atoms with Crippen LogP contribution in [0.1, 0.15) is 35.1 Å². The molecule has 1 nitrogen and oxygen atoms in total. The first kappa shape index (κ1) is 13.0. The van der Waals surface area contributed by atoms with Crippen LogP contribution in [0.15, 0.2) is 42.5 Å². The van der Waals surface area contributed by atoms with Crippen molar-refractivity contribution in [3.8, 4) is 0 Å². The Morgan fingerprint density at radius 3 is 2.63 bits per heavy atom. The SMILES string of the molecule is NC(c1ccc(Cl)c(Cl)c1)C1CCc2ccccc21. The van der Waals surface area contributed by atoms with E-state index in [1.54, 1.807) is 0 Å². The minimum atomic E-state index is -0.0292. The lowest BCUT2D eigenvalue weighted by Gasteiger charge is -2.21. The van der Waals surface area contributed by atoms with Crippen LogP contribution in [-0.4, -0.2) is 0 Å². The molecule has 19 heavy (non-hydrogen) atoms. The Morgan fingerprint density at radius 2 is 1.84 bits per heavy atom. The maximum Gasteiger partial charge on any atom is 0.0595 e. The molecular formula is C16H15Cl2N. The van der Waals surface area contributed by atoms with Gasteiger partial charge in [0.1, 0.15) is 0 Å². The minimum Gasteiger partial charge on any atom is -0.323 e. The van der Waals surface area contributed by atoms with Gasteiger partial charge in [0.05, 0.1) is 10.0 Å². The molecule has 3 heteroatoms. The summed E-state index contributed by atoms with van der Waals surface area (Å²) in [5.41, 5.74) is 10.3. The smallest absolute Gasteiger partial charge is 0.0595 e. The lowest BCUT2D eigenvalue weighted by molar-refractivity contribution is 0.551. The summed E-state index contributed by atoms with van der Waals surface area (Å²) in [6.07, 6.45) is 2.20. The second-order valence-electron chi connectivity index (χ2n) is 5.04. The highest BCUT2D eigenvalue weighted by atomic mass is 35.5. The van der Waals surface area contributed by atoms with Crippen LogP contribution in [0, 0.1) is 0 Å². The summed E-state index contributed by atoms with van der Waals surface area (Å²) in [5, 5.41) is 1.14. The van der Waals surface area contributed by atoms with E-state index in [-0.39, 0.29) is 6.04 Å². The van der Waals surface area contributed by atoms with Gasteiger partial charge < -0.3 is 5.73 Å². The van der Waals surface area contributed by atoms with Gasteiger partial charge in [-0.2, -0.15) is 0 Å². The number of benzene rings is 2. The predicted octanol–water partition coefficient (Wildman–Crippen LogP) is 4.72. The van der Waals surface area contributed by atoms with Crippen LogP contribution in [0.4, 0.5) is 0 Å². The van der Waals surface area contributed by atoms with Crippen LogP contribution >= 0.6 is 23.2 Å². The fourth-order valence-corrected chi connectivity index (χ4v) is 3.22. The maximum absolute atomic E-state index is 6.43. The van der Waals surface area contributed by atoms with Crippen LogP contribution in [0.3, 0.4) is 0 Å². The van der Waals surface area contributed by atoms with Crippen LogP contribution in [0.5, 0.6) is 0 Å². The number of hydrogen-bond acceptors (Lipinski definition) is 1. The van der Waals surface area contributed by atoms with E-state index < -0.39 is 0 Å². The second kappa shape index (κ2) is 5.16. The van der Waals surface area contributed by atoms with Crippen molar-refractivity contribution in [1.82, 2.24) is 0 Å². The van der Waals surface area contributed by atoms with Crippen molar-refractivity contribution < 1.29 is 0 Å². The van der Waals surface area contributed by atoms with Gasteiger partial charge in [0.25, 0.3) is 0 Å². The molecule has 0 aromatic heterocycles. The summed E-state index contributed by atoms with van der Waals surface area (Å²) in [6, 6.07) is 14.2. The van der Waals surface area contributed by atoms with Crippen molar-refractivity contribution in [2.75, 3.05) is 0 Å². The lowest BCUT2D eigenvalue weighted by Crippen LogP contribution is -2.18. The predicted molar refractivity (Wildman–Crippen MR) is 80.9 cm³/mol. The molecule has 3 rings (SSSR count). The standard InChI is InChI=1S/C16H15Cl2N/c17-14-8-6-11(9-15(14)18)16(19)13-7-5-10-3-1-2-4-12(10)13/h1-4,6,8-9,13,16H,5,7,19H2. The van der Waals surface area contributed by atoms with Gasteiger partial charge in [-0.15, -0.1) is 0 Å². The monoisotopic (exact) mass is 291 g/mol. The average Bonchev–Trinajstić information content (AvgIpc) is 2.85. The topological polar surface area (TPSA) is 26.0 Å². The zero-order chi connectivity index (χ0) is 13.4. The first-order chi connectivity index (χ1) is 9.16. The van der Waals surface area contributed by atoms with Gasteiger partial charge in [-0.25, -0.2) is 0 Å². The Balaban J connectivity index is 1.93. The Kier molecular flexibility index (Phi) is 3.53. The number of hydrogen-bond donors (Lipinski definition) is 1. The van der Waals surface area contributed by atoms with Gasteiger partial charge in [0.2, 0.25) is 0 Å². The van der Waals surface area contributed by atoms with E-state index in [1.165, 1.54) is 11.1 Å². The first-order valence-corrected chi connectivity index (χ1v) is 7.21. The molecule has 98 valence electrons. The lowest BCUT2D eigenvalue weighted by atomic mass is 9.89. The minimum absolute atomic E-state index is 0.0292. The van der Waals surface area contributed by atoms with E-state index in [0.717, 1.165) is 18.4 Å². The molecule has 2 unspecified atom stereocenters. The summed E-state index contributed by atoms with van der Waals surface area (Å²) >= 11 is 12.0. The fourth-order valence-electron chi connectivity index (χ4n) is 2.92. The molecule has 2 N–H and O–H groups in total. The second-order valence-corrected chi connectivity index (χ2v) is 5.86. The van der Waals surface area contributed by atoms with Crippen molar-refractivity contribution in [3.63, 3.8) is 0 Å². The van der Waals surface area contributed by atoms with Crippen LogP contribution in [-0.2, 0) is 6.42 Å². The van der Waals surface area contributed by atoms with E-state index in [0.29, 0.717) is 16.0 Å². The van der Waals surface area contributed by atoms with Crippen molar-refractivity contribution in [2.24, 2.45) is 5.73 Å². The summed E-state index contributed by atoms with van der Waals surface area (Å²) in [7, 11) is 0. The summed E-state index contributed by atoms with van der Waals surface area (Å²) in [4.78, 5) is 0. The fraction of sp³-hybridized carbons (Fsp3) is 0.250. The average molecular weight is 292 g/mol. The molecule has 0 saturated carbocycles. The highest BCUT2D eigenvalue weighted by Gasteiger charge is 2.28. The molecule has 0 spiro atoms. The molecule has 2 atom stereocenters. The first-order valence-electron chi connectivity index (χ1n) is 6.45. The third kappa shape index (κ3) is 2.38. The highest BCUT2D eigenvalue weighted by molar-refractivity contribution is 6.42. The van der Waals surface area contributed by atoms with Gasteiger partial charge in [-0.3, -0.25) is 0 Å². The van der Waals surface area contributed by atoms with Gasteiger partial charge in [-0.05, 0) is 41.7 Å². The van der Waals surface area contributed by atoms with Gasteiger partial charge >= 0.3 is 0 Å². The molecule has 2 aromatic carbocycles. The third-order valence-electron chi connectivity index (χ3n) is 3.94. The molecule has 0 radical (unpaired) electrons. The molecule has 0 fully saturated rings. The molecule has 0 aliphatic heterocycles. The van der Waals surface area contributed by atoms with Gasteiger partial charge in [0, 0.05) is 12.0 Å². The number of halogens is 2. The Morgan fingerprint density at radius 1 is 1.05 bits per heavy atom. The molecule has 1 aliphatic rings. The Labute approximate surface area is 123 Å². The van der Waals surface area contributed by atoms with Crippen molar-refractivity contribution >= 4 is 23.2 Å². The summed E-state index contributed by atoms with van der Waals surface area (Å²) in [6.45, 7) is 0. The molecule has 2 aromatic rings. The quantitative estimate of drug-likeness (QED) is 0.851. The normalized spacial score (nSPS) is 19.2. The molecular weight excluding hydrogens is 277 g/mol. The third-order valence-corrected chi connectivity index (χ3v) is 4.68.